The van der Waals surface area contributed by atoms with Gasteiger partial charge in [0.15, 0.2) is 0 Å². The fraction of sp³-hybridized carbons (Fsp3) is 0.471. The fourth-order valence-corrected chi connectivity index (χ4v) is 3.46. The van der Waals surface area contributed by atoms with Crippen LogP contribution >= 0.6 is 12.6 Å². The molecule has 0 aliphatic carbocycles. The highest BCUT2D eigenvalue weighted by molar-refractivity contribution is 7.80. The Morgan fingerprint density at radius 2 is 2.08 bits per heavy atom. The van der Waals surface area contributed by atoms with Gasteiger partial charge in [0.25, 0.3) is 0 Å². The Kier molecular flexibility index (Phi) is 5.29. The van der Waals surface area contributed by atoms with E-state index in [4.69, 9.17) is 4.74 Å². The van der Waals surface area contributed by atoms with E-state index in [2.05, 4.69) is 22.5 Å². The molecule has 1 N–H and O–H groups in total. The van der Waals surface area contributed by atoms with E-state index < -0.39 is 17.3 Å². The maximum atomic E-state index is 13.3. The average Bonchev–Trinajstić information content (AvgIpc) is 2.58. The topological polar surface area (TPSA) is 45.3 Å². The summed E-state index contributed by atoms with van der Waals surface area (Å²) in [4.78, 5) is 16.1. The zero-order valence-corrected chi connectivity index (χ0v) is 14.4. The van der Waals surface area contributed by atoms with Gasteiger partial charge < -0.3 is 14.6 Å². The van der Waals surface area contributed by atoms with Crippen LogP contribution < -0.4 is 10.5 Å². The van der Waals surface area contributed by atoms with Gasteiger partial charge in [0.1, 0.15) is 0 Å². The van der Waals surface area contributed by atoms with Crippen molar-refractivity contribution in [2.24, 2.45) is 0 Å². The van der Waals surface area contributed by atoms with Crippen LogP contribution in [0.25, 0.3) is 10.9 Å². The number of H-pyrrole nitrogens is 1. The van der Waals surface area contributed by atoms with E-state index in [9.17, 15) is 18.0 Å². The minimum absolute atomic E-state index is 0.00374. The van der Waals surface area contributed by atoms with Crippen LogP contribution in [-0.2, 0) is 10.9 Å². The van der Waals surface area contributed by atoms with E-state index in [0.29, 0.717) is 24.3 Å². The molecule has 8 heteroatoms. The lowest BCUT2D eigenvalue weighted by atomic mass is 10.0. The molecule has 0 amide bonds. The summed E-state index contributed by atoms with van der Waals surface area (Å²) < 4.78 is 45.4. The zero-order valence-electron chi connectivity index (χ0n) is 13.5. The first-order chi connectivity index (χ1) is 11.9. The molecule has 2 heterocycles. The van der Waals surface area contributed by atoms with Crippen molar-refractivity contribution >= 4 is 29.2 Å². The van der Waals surface area contributed by atoms with Crippen LogP contribution in [0.4, 0.5) is 18.9 Å². The summed E-state index contributed by atoms with van der Waals surface area (Å²) in [5, 5.41) is 0.00374. The van der Waals surface area contributed by atoms with Crippen molar-refractivity contribution in [1.29, 1.82) is 0 Å². The smallest absolute Gasteiger partial charge is 0.369 e. The van der Waals surface area contributed by atoms with Crippen molar-refractivity contribution in [2.45, 2.75) is 31.5 Å². The molecule has 4 nitrogen and oxygen atoms in total. The number of thiol groups is 1. The van der Waals surface area contributed by atoms with E-state index >= 15 is 0 Å². The Balaban J connectivity index is 2.05. The molecule has 1 aliphatic rings. The van der Waals surface area contributed by atoms with Crippen molar-refractivity contribution in [3.63, 3.8) is 0 Å². The standard InChI is InChI=1S/C17H19F3N2O2S/c18-17(19,20)14-8-16(23)21-15-5-4-11(7-13(14)15)22-6-2-1-3-12(22)9-24-10-25/h4-5,7-8,12,25H,1-3,6,9-10H2,(H,21,23). The third-order valence-corrected chi connectivity index (χ3v) is 4.67. The molecule has 25 heavy (non-hydrogen) atoms. The number of benzene rings is 1. The Bertz CT molecular complexity index is 807. The third-order valence-electron chi connectivity index (χ3n) is 4.49. The number of halogens is 3. The predicted octanol–water partition coefficient (Wildman–Crippen LogP) is 3.81. The van der Waals surface area contributed by atoms with Gasteiger partial charge in [0.2, 0.25) is 5.56 Å². The van der Waals surface area contributed by atoms with Crippen molar-refractivity contribution in [3.8, 4) is 0 Å². The fourth-order valence-electron chi connectivity index (χ4n) is 3.36. The number of hydrogen-bond acceptors (Lipinski definition) is 4. The number of fused-ring (bicyclic) bond motifs is 1. The SMILES string of the molecule is O=c1cc(C(F)(F)F)c2cc(N3CCCCC3COCS)ccc2[nH]1. The first kappa shape index (κ1) is 18.1. The van der Waals surface area contributed by atoms with Crippen LogP contribution in [-0.4, -0.2) is 30.1 Å². The largest absolute Gasteiger partial charge is 0.417 e. The second kappa shape index (κ2) is 7.29. The molecule has 0 spiro atoms. The van der Waals surface area contributed by atoms with Gasteiger partial charge in [-0.15, -0.1) is 0 Å². The van der Waals surface area contributed by atoms with Crippen LogP contribution in [0.15, 0.2) is 29.1 Å². The number of hydrogen-bond donors (Lipinski definition) is 2. The van der Waals surface area contributed by atoms with E-state index in [1.165, 1.54) is 12.1 Å². The van der Waals surface area contributed by atoms with Crippen molar-refractivity contribution in [1.82, 2.24) is 4.98 Å². The van der Waals surface area contributed by atoms with Crippen LogP contribution in [0.2, 0.25) is 0 Å². The summed E-state index contributed by atoms with van der Waals surface area (Å²) in [6.45, 7) is 1.25. The van der Waals surface area contributed by atoms with Crippen LogP contribution in [0.1, 0.15) is 24.8 Å². The van der Waals surface area contributed by atoms with Gasteiger partial charge in [-0.2, -0.15) is 25.8 Å². The number of alkyl halides is 3. The molecule has 1 aromatic carbocycles. The highest BCUT2D eigenvalue weighted by Crippen LogP contribution is 2.35. The molecule has 1 unspecified atom stereocenters. The highest BCUT2D eigenvalue weighted by atomic mass is 32.1. The number of rotatable bonds is 4. The highest BCUT2D eigenvalue weighted by Gasteiger charge is 2.33. The van der Waals surface area contributed by atoms with Crippen molar-refractivity contribution < 1.29 is 17.9 Å². The normalized spacial score (nSPS) is 18.7. The average molecular weight is 372 g/mol. The van der Waals surface area contributed by atoms with E-state index in [1.54, 1.807) is 6.07 Å². The summed E-state index contributed by atoms with van der Waals surface area (Å²) in [5.41, 5.74) is -0.778. The molecule has 3 rings (SSSR count). The second-order valence-corrected chi connectivity index (χ2v) is 6.38. The second-order valence-electron chi connectivity index (χ2n) is 6.12. The van der Waals surface area contributed by atoms with Gasteiger partial charge in [-0.05, 0) is 37.5 Å². The lowest BCUT2D eigenvalue weighted by Crippen LogP contribution is -2.42. The molecular formula is C17H19F3N2O2S. The summed E-state index contributed by atoms with van der Waals surface area (Å²) in [5.74, 6) is 0.307. The van der Waals surface area contributed by atoms with Crippen molar-refractivity contribution in [3.05, 3.63) is 40.2 Å². The number of anilines is 1. The van der Waals surface area contributed by atoms with Gasteiger partial charge in [-0.25, -0.2) is 0 Å². The van der Waals surface area contributed by atoms with E-state index in [1.807, 2.05) is 0 Å². The van der Waals surface area contributed by atoms with E-state index in [0.717, 1.165) is 25.8 Å². The predicted molar refractivity (Wildman–Crippen MR) is 94.4 cm³/mol. The molecular weight excluding hydrogens is 353 g/mol. The number of piperidine rings is 1. The van der Waals surface area contributed by atoms with Gasteiger partial charge >= 0.3 is 6.18 Å². The molecule has 1 atom stereocenters. The number of ether oxygens (including phenoxy) is 1. The van der Waals surface area contributed by atoms with Gasteiger partial charge in [-0.1, -0.05) is 0 Å². The van der Waals surface area contributed by atoms with Crippen LogP contribution in [0.3, 0.4) is 0 Å². The molecule has 1 aromatic heterocycles. The van der Waals surface area contributed by atoms with E-state index in [-0.39, 0.29) is 16.9 Å². The first-order valence-corrected chi connectivity index (χ1v) is 8.73. The molecule has 1 saturated heterocycles. The minimum Gasteiger partial charge on any atom is -0.369 e. The Morgan fingerprint density at radius 3 is 2.80 bits per heavy atom. The van der Waals surface area contributed by atoms with Crippen LogP contribution in [0, 0.1) is 0 Å². The molecule has 2 aromatic rings. The maximum Gasteiger partial charge on any atom is 0.417 e. The molecule has 136 valence electrons. The quantitative estimate of drug-likeness (QED) is 0.634. The number of aromatic nitrogens is 1. The third kappa shape index (κ3) is 3.95. The van der Waals surface area contributed by atoms with Crippen molar-refractivity contribution in [2.75, 3.05) is 24.0 Å². The monoisotopic (exact) mass is 372 g/mol. The Morgan fingerprint density at radius 1 is 1.28 bits per heavy atom. The summed E-state index contributed by atoms with van der Waals surface area (Å²) >= 11 is 4.04. The number of nitrogens with one attached hydrogen (secondary N) is 1. The Labute approximate surface area is 148 Å². The summed E-state index contributed by atoms with van der Waals surface area (Å²) in [7, 11) is 0. The minimum atomic E-state index is -4.58. The molecule has 1 fully saturated rings. The number of pyridine rings is 1. The van der Waals surface area contributed by atoms with Crippen LogP contribution in [0.5, 0.6) is 0 Å². The molecule has 0 bridgehead atoms. The maximum absolute atomic E-state index is 13.3. The first-order valence-electron chi connectivity index (χ1n) is 8.09. The van der Waals surface area contributed by atoms with Gasteiger partial charge in [0.05, 0.1) is 24.2 Å². The lowest BCUT2D eigenvalue weighted by Gasteiger charge is -2.37. The number of aromatic amines is 1. The Hall–Kier alpha value is -1.67. The summed E-state index contributed by atoms with van der Waals surface area (Å²) in [6.07, 6.45) is -1.62. The van der Waals surface area contributed by atoms with Gasteiger partial charge in [-0.3, -0.25) is 4.79 Å². The summed E-state index contributed by atoms with van der Waals surface area (Å²) in [6, 6.07) is 5.51. The molecule has 0 radical (unpaired) electrons. The van der Waals surface area contributed by atoms with Gasteiger partial charge in [0, 0.05) is 29.2 Å². The zero-order chi connectivity index (χ0) is 18.0. The number of nitrogens with zero attached hydrogens (tertiary/aromatic N) is 1. The molecule has 0 saturated carbocycles. The lowest BCUT2D eigenvalue weighted by molar-refractivity contribution is -0.136. The molecule has 1 aliphatic heterocycles.